The van der Waals surface area contributed by atoms with E-state index in [0.717, 1.165) is 16.8 Å². The molecule has 0 spiro atoms. The first-order valence-corrected chi connectivity index (χ1v) is 10.4. The molecule has 5 rings (SSSR count). The minimum Gasteiger partial charge on any atom is -0.325 e. The summed E-state index contributed by atoms with van der Waals surface area (Å²) in [5, 5.41) is 25.5. The number of thioether (sulfide) groups is 1. The van der Waals surface area contributed by atoms with E-state index in [9.17, 15) is 4.79 Å². The van der Waals surface area contributed by atoms with Crippen LogP contribution in [0.3, 0.4) is 0 Å². The zero-order valence-corrected chi connectivity index (χ0v) is 17.0. The van der Waals surface area contributed by atoms with Crippen LogP contribution in [0, 0.1) is 11.3 Å². The van der Waals surface area contributed by atoms with Gasteiger partial charge in [-0.3, -0.25) is 9.20 Å². The zero-order chi connectivity index (χ0) is 21.2. The van der Waals surface area contributed by atoms with Crippen LogP contribution in [-0.2, 0) is 4.79 Å². The van der Waals surface area contributed by atoms with Crippen molar-refractivity contribution in [2.45, 2.75) is 5.16 Å². The highest BCUT2D eigenvalue weighted by atomic mass is 32.2. The number of nitrogens with zero attached hydrogens (tertiary/aromatic N) is 6. The molecule has 0 atom stereocenters. The van der Waals surface area contributed by atoms with E-state index in [0.29, 0.717) is 22.1 Å². The third kappa shape index (κ3) is 3.72. The molecule has 3 heterocycles. The van der Waals surface area contributed by atoms with Gasteiger partial charge < -0.3 is 5.32 Å². The van der Waals surface area contributed by atoms with Gasteiger partial charge in [-0.1, -0.05) is 42.1 Å². The van der Waals surface area contributed by atoms with Gasteiger partial charge in [0.1, 0.15) is 5.52 Å². The van der Waals surface area contributed by atoms with Crippen LogP contribution < -0.4 is 5.32 Å². The topological polar surface area (TPSA) is 100 Å². The van der Waals surface area contributed by atoms with E-state index in [1.54, 1.807) is 28.8 Å². The molecule has 0 saturated heterocycles. The number of rotatable bonds is 5. The number of carbonyl (C=O) groups is 1. The predicted octanol–water partition coefficient (Wildman–Crippen LogP) is 3.65. The van der Waals surface area contributed by atoms with Crippen molar-refractivity contribution in [3.63, 3.8) is 0 Å². The maximum Gasteiger partial charge on any atom is 0.234 e. The third-order valence-corrected chi connectivity index (χ3v) is 5.63. The lowest BCUT2D eigenvalue weighted by Gasteiger charge is -2.04. The summed E-state index contributed by atoms with van der Waals surface area (Å²) in [5.74, 6) is 0.0174. The molecular formula is C22H15N7OS. The number of aromatic nitrogens is 5. The van der Waals surface area contributed by atoms with Gasteiger partial charge in [0.15, 0.2) is 10.8 Å². The minimum atomic E-state index is -0.164. The normalized spacial score (nSPS) is 10.9. The monoisotopic (exact) mass is 425 g/mol. The van der Waals surface area contributed by atoms with E-state index >= 15 is 0 Å². The number of benzene rings is 2. The standard InChI is InChI=1S/C22H15N7OS/c23-13-15-6-8-17(9-7-15)24-20(30)14-31-22-26-25-21-19-12-18(16-4-2-1-3-5-16)27-29(19)11-10-28(21)22/h1-12H,14H2,(H,24,30). The Hall–Kier alpha value is -4.16. The number of anilines is 1. The Morgan fingerprint density at radius 1 is 1.06 bits per heavy atom. The van der Waals surface area contributed by atoms with Crippen molar-refractivity contribution in [3.8, 4) is 17.3 Å². The number of nitrogens with one attached hydrogen (secondary N) is 1. The van der Waals surface area contributed by atoms with Crippen LogP contribution >= 0.6 is 11.8 Å². The van der Waals surface area contributed by atoms with Crippen molar-refractivity contribution >= 4 is 34.5 Å². The first-order chi connectivity index (χ1) is 15.2. The molecule has 0 saturated carbocycles. The van der Waals surface area contributed by atoms with Gasteiger partial charge in [-0.25, -0.2) is 4.52 Å². The van der Waals surface area contributed by atoms with Crippen molar-refractivity contribution in [2.24, 2.45) is 0 Å². The molecule has 2 aromatic carbocycles. The molecule has 0 fully saturated rings. The molecule has 0 radical (unpaired) electrons. The molecule has 1 N–H and O–H groups in total. The van der Waals surface area contributed by atoms with Crippen LogP contribution in [0.15, 0.2) is 78.2 Å². The molecule has 5 aromatic rings. The Kier molecular flexibility index (Phi) is 4.82. The summed E-state index contributed by atoms with van der Waals surface area (Å²) >= 11 is 1.30. The van der Waals surface area contributed by atoms with E-state index in [1.807, 2.05) is 53.2 Å². The number of carbonyl (C=O) groups excluding carboxylic acids is 1. The van der Waals surface area contributed by atoms with Gasteiger partial charge in [0.05, 0.1) is 23.1 Å². The highest BCUT2D eigenvalue weighted by Gasteiger charge is 2.14. The minimum absolute atomic E-state index is 0.164. The summed E-state index contributed by atoms with van der Waals surface area (Å²) in [6.45, 7) is 0. The van der Waals surface area contributed by atoms with Gasteiger partial charge in [-0.2, -0.15) is 10.4 Å². The van der Waals surface area contributed by atoms with E-state index < -0.39 is 0 Å². The van der Waals surface area contributed by atoms with Crippen LogP contribution in [-0.4, -0.2) is 35.9 Å². The Morgan fingerprint density at radius 3 is 2.65 bits per heavy atom. The SMILES string of the molecule is N#Cc1ccc(NC(=O)CSc2nnc3c4cc(-c5ccccc5)nn4ccn23)cc1. The van der Waals surface area contributed by atoms with E-state index in [1.165, 1.54) is 11.8 Å². The van der Waals surface area contributed by atoms with Gasteiger partial charge in [0.2, 0.25) is 5.91 Å². The Labute approximate surface area is 181 Å². The number of hydrogen-bond acceptors (Lipinski definition) is 6. The molecule has 0 aliphatic heterocycles. The lowest BCUT2D eigenvalue weighted by molar-refractivity contribution is -0.113. The van der Waals surface area contributed by atoms with Crippen LogP contribution in [0.1, 0.15) is 5.56 Å². The maximum absolute atomic E-state index is 12.3. The molecule has 0 unspecified atom stereocenters. The number of nitriles is 1. The second-order valence-corrected chi connectivity index (χ2v) is 7.67. The highest BCUT2D eigenvalue weighted by molar-refractivity contribution is 7.99. The van der Waals surface area contributed by atoms with Gasteiger partial charge in [-0.15, -0.1) is 10.2 Å². The molecule has 0 bridgehead atoms. The van der Waals surface area contributed by atoms with Crippen molar-refractivity contribution < 1.29 is 4.79 Å². The molecule has 9 heteroatoms. The fraction of sp³-hybridized carbons (Fsp3) is 0.0455. The van der Waals surface area contributed by atoms with Crippen LogP contribution in [0.25, 0.3) is 22.4 Å². The number of hydrogen-bond donors (Lipinski definition) is 1. The number of fused-ring (bicyclic) bond motifs is 3. The highest BCUT2D eigenvalue weighted by Crippen LogP contribution is 2.24. The summed E-state index contributed by atoms with van der Waals surface area (Å²) in [5.41, 5.74) is 4.58. The second kappa shape index (κ2) is 7.93. The van der Waals surface area contributed by atoms with Crippen molar-refractivity contribution in [1.82, 2.24) is 24.2 Å². The molecule has 1 amide bonds. The van der Waals surface area contributed by atoms with Gasteiger partial charge in [0.25, 0.3) is 0 Å². The van der Waals surface area contributed by atoms with E-state index in [-0.39, 0.29) is 11.7 Å². The van der Waals surface area contributed by atoms with Gasteiger partial charge >= 0.3 is 0 Å². The van der Waals surface area contributed by atoms with E-state index in [2.05, 4.69) is 26.7 Å². The quantitative estimate of drug-likeness (QED) is 0.432. The van der Waals surface area contributed by atoms with Crippen LogP contribution in [0.5, 0.6) is 0 Å². The van der Waals surface area contributed by atoms with Crippen molar-refractivity contribution in [2.75, 3.05) is 11.1 Å². The zero-order valence-electron chi connectivity index (χ0n) is 16.1. The summed E-state index contributed by atoms with van der Waals surface area (Å²) in [4.78, 5) is 12.3. The maximum atomic E-state index is 12.3. The predicted molar refractivity (Wildman–Crippen MR) is 118 cm³/mol. The van der Waals surface area contributed by atoms with Crippen LogP contribution in [0.4, 0.5) is 5.69 Å². The fourth-order valence-electron chi connectivity index (χ4n) is 3.19. The summed E-state index contributed by atoms with van der Waals surface area (Å²) in [6.07, 6.45) is 3.68. The van der Waals surface area contributed by atoms with Gasteiger partial charge in [-0.05, 0) is 30.3 Å². The average Bonchev–Trinajstić information content (AvgIpc) is 3.43. The molecule has 3 aromatic heterocycles. The first kappa shape index (κ1) is 18.8. The summed E-state index contributed by atoms with van der Waals surface area (Å²) in [6, 6.07) is 20.7. The lowest BCUT2D eigenvalue weighted by Crippen LogP contribution is -2.14. The molecular weight excluding hydrogens is 410 g/mol. The Balaban J connectivity index is 1.34. The van der Waals surface area contributed by atoms with Crippen molar-refractivity contribution in [3.05, 3.63) is 78.6 Å². The molecule has 150 valence electrons. The molecule has 8 nitrogen and oxygen atoms in total. The second-order valence-electron chi connectivity index (χ2n) is 6.73. The third-order valence-electron chi connectivity index (χ3n) is 4.69. The fourth-order valence-corrected chi connectivity index (χ4v) is 3.91. The molecule has 31 heavy (non-hydrogen) atoms. The molecule has 0 aliphatic carbocycles. The van der Waals surface area contributed by atoms with Gasteiger partial charge in [0, 0.05) is 23.6 Å². The van der Waals surface area contributed by atoms with Crippen LogP contribution in [0.2, 0.25) is 0 Å². The summed E-state index contributed by atoms with van der Waals surface area (Å²) in [7, 11) is 0. The Morgan fingerprint density at radius 2 is 1.87 bits per heavy atom. The van der Waals surface area contributed by atoms with E-state index in [4.69, 9.17) is 5.26 Å². The smallest absolute Gasteiger partial charge is 0.234 e. The molecule has 0 aliphatic rings. The number of amides is 1. The average molecular weight is 425 g/mol. The Bertz CT molecular complexity index is 1430. The van der Waals surface area contributed by atoms with Crippen molar-refractivity contribution in [1.29, 1.82) is 5.26 Å². The first-order valence-electron chi connectivity index (χ1n) is 9.42. The lowest BCUT2D eigenvalue weighted by atomic mass is 10.1. The summed E-state index contributed by atoms with van der Waals surface area (Å²) < 4.78 is 3.63. The largest absolute Gasteiger partial charge is 0.325 e.